The molecule has 2 saturated heterocycles. The molecule has 0 spiro atoms. The lowest BCUT2D eigenvalue weighted by molar-refractivity contribution is -0.130. The largest absolute Gasteiger partial charge is 0.493 e. The molecular formula is C28H46N2O5. The Morgan fingerprint density at radius 3 is 2.69 bits per heavy atom. The fourth-order valence-electron chi connectivity index (χ4n) is 4.83. The second-order valence-corrected chi connectivity index (χ2v) is 10.8. The third-order valence-electron chi connectivity index (χ3n) is 7.22. The Labute approximate surface area is 211 Å². The molecule has 2 fully saturated rings. The highest BCUT2D eigenvalue weighted by atomic mass is 16.5. The van der Waals surface area contributed by atoms with Crippen LogP contribution in [0, 0.1) is 18.3 Å². The van der Waals surface area contributed by atoms with Gasteiger partial charge in [0.25, 0.3) is 0 Å². The van der Waals surface area contributed by atoms with Crippen molar-refractivity contribution in [2.24, 2.45) is 11.3 Å². The number of nitrogens with one attached hydrogen (secondary N) is 2. The molecule has 0 bridgehead atoms. The van der Waals surface area contributed by atoms with Gasteiger partial charge in [0.1, 0.15) is 5.75 Å². The van der Waals surface area contributed by atoms with E-state index in [1.807, 2.05) is 0 Å². The molecule has 2 heterocycles. The summed E-state index contributed by atoms with van der Waals surface area (Å²) < 4.78 is 22.6. The zero-order valence-electron chi connectivity index (χ0n) is 22.2. The molecule has 2 N–H and O–H groups in total. The average Bonchev–Trinajstić information content (AvgIpc) is 2.86. The Morgan fingerprint density at radius 2 is 1.97 bits per heavy atom. The van der Waals surface area contributed by atoms with Crippen LogP contribution in [0.3, 0.4) is 0 Å². The van der Waals surface area contributed by atoms with Gasteiger partial charge in [0, 0.05) is 57.9 Å². The maximum Gasteiger partial charge on any atom is 0.225 e. The van der Waals surface area contributed by atoms with Gasteiger partial charge >= 0.3 is 0 Å². The number of hydrogen-bond donors (Lipinski definition) is 2. The lowest BCUT2D eigenvalue weighted by Gasteiger charge is -2.35. The number of rotatable bonds is 13. The van der Waals surface area contributed by atoms with Crippen LogP contribution in [-0.4, -0.2) is 64.7 Å². The van der Waals surface area contributed by atoms with Gasteiger partial charge in [-0.25, -0.2) is 0 Å². The smallest absolute Gasteiger partial charge is 0.225 e. The van der Waals surface area contributed by atoms with Gasteiger partial charge < -0.3 is 29.6 Å². The fraction of sp³-hybridized carbons (Fsp3) is 0.750. The predicted molar refractivity (Wildman–Crippen MR) is 138 cm³/mol. The van der Waals surface area contributed by atoms with Crippen LogP contribution in [-0.2, 0) is 25.6 Å². The Kier molecular flexibility index (Phi) is 11.3. The number of amides is 1. The van der Waals surface area contributed by atoms with Gasteiger partial charge in [0.05, 0.1) is 19.3 Å². The number of piperidine rings is 1. The molecule has 7 nitrogen and oxygen atoms in total. The van der Waals surface area contributed by atoms with E-state index in [-0.39, 0.29) is 12.0 Å². The molecule has 0 aromatic heterocycles. The predicted octanol–water partition coefficient (Wildman–Crippen LogP) is 4.01. The van der Waals surface area contributed by atoms with Crippen LogP contribution in [0.2, 0.25) is 0 Å². The van der Waals surface area contributed by atoms with Crippen LogP contribution < -0.4 is 15.4 Å². The minimum atomic E-state index is -0.391. The zero-order valence-corrected chi connectivity index (χ0v) is 22.2. The van der Waals surface area contributed by atoms with Gasteiger partial charge in [-0.2, -0.15) is 0 Å². The van der Waals surface area contributed by atoms with Crippen LogP contribution in [0.25, 0.3) is 0 Å². The third kappa shape index (κ3) is 9.37. The molecule has 1 aromatic rings. The number of hydrogen-bond acceptors (Lipinski definition) is 6. The van der Waals surface area contributed by atoms with E-state index >= 15 is 0 Å². The van der Waals surface area contributed by atoms with Crippen molar-refractivity contribution in [2.75, 3.05) is 46.6 Å². The lowest BCUT2D eigenvalue weighted by Crippen LogP contribution is -2.48. The van der Waals surface area contributed by atoms with Crippen molar-refractivity contribution in [3.05, 3.63) is 29.3 Å². The first-order valence-corrected chi connectivity index (χ1v) is 13.3. The molecule has 2 aliphatic rings. The molecule has 35 heavy (non-hydrogen) atoms. The molecule has 0 unspecified atom stereocenters. The maximum absolute atomic E-state index is 12.8. The standard InChI is InChI=1S/C28H46N2O5/c1-21-6-7-23(16-26(21)34-13-5-12-32-4)20-35-25-9-8-24(29-19-25)17-28(2,3)27(31)30-18-22-10-14-33-15-11-22/h6-7,16,22,24-25,29H,5,8-15,17-20H2,1-4H3,(H,30,31)/t24-,25+/m0/s1. The highest BCUT2D eigenvalue weighted by Gasteiger charge is 2.33. The Bertz CT molecular complexity index is 771. The average molecular weight is 491 g/mol. The van der Waals surface area contributed by atoms with E-state index in [4.69, 9.17) is 18.9 Å². The van der Waals surface area contributed by atoms with Crippen molar-refractivity contribution in [3.63, 3.8) is 0 Å². The topological polar surface area (TPSA) is 78.1 Å². The lowest BCUT2D eigenvalue weighted by atomic mass is 9.82. The summed E-state index contributed by atoms with van der Waals surface area (Å²) in [5.41, 5.74) is 1.87. The van der Waals surface area contributed by atoms with E-state index in [2.05, 4.69) is 49.6 Å². The maximum atomic E-state index is 12.8. The number of ether oxygens (including phenoxy) is 4. The quantitative estimate of drug-likeness (QED) is 0.407. The fourth-order valence-corrected chi connectivity index (χ4v) is 4.83. The van der Waals surface area contributed by atoms with Crippen LogP contribution in [0.1, 0.15) is 63.5 Å². The summed E-state index contributed by atoms with van der Waals surface area (Å²) in [6.07, 6.45) is 5.99. The highest BCUT2D eigenvalue weighted by Crippen LogP contribution is 2.28. The Hall–Kier alpha value is -1.67. The molecule has 2 aliphatic heterocycles. The summed E-state index contributed by atoms with van der Waals surface area (Å²) >= 11 is 0. The molecular weight excluding hydrogens is 444 g/mol. The van der Waals surface area contributed by atoms with Gasteiger partial charge in [-0.05, 0) is 62.1 Å². The van der Waals surface area contributed by atoms with E-state index in [1.54, 1.807) is 7.11 Å². The van der Waals surface area contributed by atoms with Crippen molar-refractivity contribution in [1.82, 2.24) is 10.6 Å². The highest BCUT2D eigenvalue weighted by molar-refractivity contribution is 5.81. The summed E-state index contributed by atoms with van der Waals surface area (Å²) in [6, 6.07) is 6.63. The molecule has 198 valence electrons. The van der Waals surface area contributed by atoms with E-state index in [9.17, 15) is 4.79 Å². The minimum absolute atomic E-state index is 0.156. The van der Waals surface area contributed by atoms with Gasteiger partial charge in [0.2, 0.25) is 5.91 Å². The second kappa shape index (κ2) is 14.2. The number of carbonyl (C=O) groups is 1. The Balaban J connectivity index is 1.36. The molecule has 2 atom stereocenters. The molecule has 1 aromatic carbocycles. The minimum Gasteiger partial charge on any atom is -0.493 e. The van der Waals surface area contributed by atoms with Crippen molar-refractivity contribution < 1.29 is 23.7 Å². The summed E-state index contributed by atoms with van der Waals surface area (Å²) in [6.45, 7) is 11.3. The zero-order chi connectivity index (χ0) is 25.1. The van der Waals surface area contributed by atoms with Crippen LogP contribution >= 0.6 is 0 Å². The van der Waals surface area contributed by atoms with Gasteiger partial charge in [-0.15, -0.1) is 0 Å². The summed E-state index contributed by atoms with van der Waals surface area (Å²) in [7, 11) is 1.71. The van der Waals surface area contributed by atoms with Crippen molar-refractivity contribution in [1.29, 1.82) is 0 Å². The van der Waals surface area contributed by atoms with Crippen LogP contribution in [0.5, 0.6) is 5.75 Å². The van der Waals surface area contributed by atoms with Gasteiger partial charge in [0.15, 0.2) is 0 Å². The van der Waals surface area contributed by atoms with Crippen LogP contribution in [0.15, 0.2) is 18.2 Å². The summed E-state index contributed by atoms with van der Waals surface area (Å²) in [4.78, 5) is 12.8. The van der Waals surface area contributed by atoms with Crippen LogP contribution in [0.4, 0.5) is 0 Å². The normalized spacial score (nSPS) is 21.6. The summed E-state index contributed by atoms with van der Waals surface area (Å²) in [5, 5.41) is 6.82. The Morgan fingerprint density at radius 1 is 1.17 bits per heavy atom. The van der Waals surface area contributed by atoms with Crippen molar-refractivity contribution >= 4 is 5.91 Å². The third-order valence-corrected chi connectivity index (χ3v) is 7.22. The van der Waals surface area contributed by atoms with E-state index in [0.29, 0.717) is 31.8 Å². The number of benzene rings is 1. The monoisotopic (exact) mass is 490 g/mol. The summed E-state index contributed by atoms with van der Waals surface area (Å²) in [5.74, 6) is 1.62. The molecule has 1 amide bonds. The molecule has 0 aliphatic carbocycles. The van der Waals surface area contributed by atoms with E-state index in [1.165, 1.54) is 0 Å². The van der Waals surface area contributed by atoms with Gasteiger partial charge in [-0.3, -0.25) is 4.79 Å². The van der Waals surface area contributed by atoms with Crippen molar-refractivity contribution in [3.8, 4) is 5.75 Å². The van der Waals surface area contributed by atoms with E-state index in [0.717, 1.165) is 81.7 Å². The number of carbonyl (C=O) groups excluding carboxylic acids is 1. The van der Waals surface area contributed by atoms with Crippen molar-refractivity contribution in [2.45, 2.75) is 78.0 Å². The first kappa shape index (κ1) is 27.9. The first-order chi connectivity index (χ1) is 16.9. The first-order valence-electron chi connectivity index (χ1n) is 13.3. The van der Waals surface area contributed by atoms with E-state index < -0.39 is 5.41 Å². The number of aryl methyl sites for hydroxylation is 1. The number of methoxy groups -OCH3 is 1. The second-order valence-electron chi connectivity index (χ2n) is 10.8. The molecule has 0 saturated carbocycles. The molecule has 0 radical (unpaired) electrons. The van der Waals surface area contributed by atoms with Gasteiger partial charge in [-0.1, -0.05) is 26.0 Å². The molecule has 3 rings (SSSR count). The molecule has 7 heteroatoms. The SMILES string of the molecule is COCCCOc1cc(CO[C@@H]2CC[C@@H](CC(C)(C)C(=O)NCC3CCOCC3)NC2)ccc1C.